The Hall–Kier alpha value is -1.68. The number of methoxy groups -OCH3 is 1. The molecule has 0 aliphatic carbocycles. The molecule has 0 saturated carbocycles. The van der Waals surface area contributed by atoms with Crippen LogP contribution in [0.15, 0.2) is 0 Å². The highest BCUT2D eigenvalue weighted by Gasteiger charge is 2.59. The fourth-order valence-corrected chi connectivity index (χ4v) is 12.7. The fraction of sp³-hybridized carbons (Fsp3) is 1.00. The van der Waals surface area contributed by atoms with Crippen molar-refractivity contribution in [2.24, 2.45) is 0 Å². The molecule has 0 radical (unpaired) electrons. The molecule has 0 aromatic heterocycles. The average molecular weight is 1450 g/mol. The molecule has 5 aliphatic heterocycles. The summed E-state index contributed by atoms with van der Waals surface area (Å²) in [5.41, 5.74) is 0. The van der Waals surface area contributed by atoms with Crippen LogP contribution in [0.2, 0.25) is 0 Å². The van der Waals surface area contributed by atoms with Crippen molar-refractivity contribution in [1.82, 2.24) is 14.2 Å². The zero-order chi connectivity index (χ0) is 66.3. The lowest BCUT2D eigenvalue weighted by molar-refractivity contribution is -0.374. The van der Waals surface area contributed by atoms with Crippen molar-refractivity contribution in [2.75, 3.05) is 26.9 Å². The molecule has 25 atom stereocenters. The molecule has 0 aromatic rings. The monoisotopic (exact) mass is 1450 g/mol. The van der Waals surface area contributed by atoms with Gasteiger partial charge >= 0.3 is 82.9 Å². The van der Waals surface area contributed by atoms with Gasteiger partial charge in [0.15, 0.2) is 37.6 Å². The molecule has 48 nitrogen and oxygen atoms in total. The maximum absolute atomic E-state index is 12.6. The third-order valence-corrected chi connectivity index (χ3v) is 16.4. The van der Waals surface area contributed by atoms with Crippen LogP contribution in [0.3, 0.4) is 0 Å². The van der Waals surface area contributed by atoms with E-state index < -0.39 is 256 Å². The molecule has 0 amide bonds. The van der Waals surface area contributed by atoms with Gasteiger partial charge in [0, 0.05) is 7.11 Å². The summed E-state index contributed by atoms with van der Waals surface area (Å²) < 4.78 is 349. The second kappa shape index (κ2) is 28.9. The van der Waals surface area contributed by atoms with E-state index in [9.17, 15) is 130 Å². The van der Waals surface area contributed by atoms with Gasteiger partial charge in [-0.3, -0.25) is 36.4 Å². The molecule has 5 heterocycles. The second-order valence-electron chi connectivity index (χ2n) is 18.6. The highest BCUT2D eigenvalue weighted by Crippen LogP contribution is 2.38. The summed E-state index contributed by atoms with van der Waals surface area (Å²) in [5, 5.41) is 67.2. The molecular weight excluding hydrogens is 1390 g/mol. The smallest absolute Gasteiger partial charge is 0.388 e. The van der Waals surface area contributed by atoms with Gasteiger partial charge in [0.25, 0.3) is 0 Å². The minimum atomic E-state index is -6.14. The first-order valence-electron chi connectivity index (χ1n) is 23.3. The van der Waals surface area contributed by atoms with Crippen molar-refractivity contribution in [3.63, 3.8) is 0 Å². The number of aliphatic hydroxyl groups is 6. The first-order valence-corrected chi connectivity index (χ1v) is 34.4. The van der Waals surface area contributed by atoms with Gasteiger partial charge in [0.1, 0.15) is 104 Å². The topological polar surface area (TPSA) is 731 Å². The van der Waals surface area contributed by atoms with Crippen LogP contribution in [0.1, 0.15) is 13.8 Å². The lowest BCUT2D eigenvalue weighted by Crippen LogP contribution is -2.70. The van der Waals surface area contributed by atoms with E-state index >= 15 is 0 Å². The highest BCUT2D eigenvalue weighted by atomic mass is 32.3. The number of hydrogen-bond acceptors (Lipinski definition) is 37. The van der Waals surface area contributed by atoms with Crippen LogP contribution in [0.4, 0.5) is 0 Å². The summed E-state index contributed by atoms with van der Waals surface area (Å²) in [6.45, 7) is -2.80. The van der Waals surface area contributed by atoms with Crippen LogP contribution in [0.5, 0.6) is 0 Å². The Morgan fingerprint density at radius 1 is 0.333 bits per heavy atom. The first kappa shape index (κ1) is 76.0. The van der Waals surface area contributed by atoms with Gasteiger partial charge in [-0.05, 0) is 13.8 Å². The Kier molecular flexibility index (Phi) is 25.3. The third kappa shape index (κ3) is 22.5. The summed E-state index contributed by atoms with van der Waals surface area (Å²) >= 11 is 0. The average Bonchev–Trinajstić information content (AvgIpc) is 0.928. The van der Waals surface area contributed by atoms with Gasteiger partial charge in [-0.1, -0.05) is 0 Å². The lowest BCUT2D eigenvalue weighted by Gasteiger charge is -2.50. The van der Waals surface area contributed by atoms with Crippen molar-refractivity contribution in [3.8, 4) is 0 Å². The van der Waals surface area contributed by atoms with Crippen molar-refractivity contribution in [1.29, 1.82) is 0 Å². The molecule has 5 saturated heterocycles. The molecule has 0 spiro atoms. The van der Waals surface area contributed by atoms with Gasteiger partial charge in [0.05, 0.1) is 32.0 Å². The summed E-state index contributed by atoms with van der Waals surface area (Å²) in [5.74, 6) is 0. The Morgan fingerprint density at radius 2 is 0.690 bits per heavy atom. The predicted octanol–water partition coefficient (Wildman–Crippen LogP) is -11.9. The van der Waals surface area contributed by atoms with E-state index in [0.29, 0.717) is 0 Å². The standard InChI is InChI=1S/C31H57N3O45S8/c1-7-21(74-28-12(32-80(41,42)43)16(36)15(35)9(71-28)4-66-83(50,51)52)18(38)19(39)30(69-7)77-24-11(6-68-85(56,57)58)73-29(14(34-82(47,48)49)25(24)78-86(59,60)61)75-22-8(2)70-31(26(20(22)40)79-87(62,63)64)76-23-10(5-67-84(53,54)55)72-27(65-3)13(17(23)37)33-81(44,45)46/h7-40H,4-6H2,1-3H3,(H,41,42,43)(H,44,45,46)(H,47,48,49)(H,50,51,52)(H,53,54,55)(H,56,57,58)(H,59,60,61)(H,62,63,64)/t7?,8?,9?,10?,11?,12?,13?,14?,15-,16-,17-,18-,19?,20-,21-,22-,23-,24-,25-,26?,27-,28+,29-,30+,31+/m1/s1. The number of ether oxygens (including phenoxy) is 10. The number of hydrogen-bond donors (Lipinski definition) is 17. The van der Waals surface area contributed by atoms with Crippen molar-refractivity contribution in [3.05, 3.63) is 0 Å². The van der Waals surface area contributed by atoms with Crippen LogP contribution < -0.4 is 14.2 Å². The van der Waals surface area contributed by atoms with E-state index in [1.807, 2.05) is 0 Å². The third-order valence-electron chi connectivity index (χ3n) is 12.4. The summed E-state index contributed by atoms with van der Waals surface area (Å²) in [6.07, 6.45) is -54.6. The first-order chi connectivity index (χ1) is 39.3. The van der Waals surface area contributed by atoms with Gasteiger partial charge < -0.3 is 78.0 Å². The van der Waals surface area contributed by atoms with Crippen LogP contribution in [-0.4, -0.2) is 315 Å². The number of aliphatic hydroxyl groups excluding tert-OH is 6. The maximum atomic E-state index is 12.6. The van der Waals surface area contributed by atoms with Crippen LogP contribution in [-0.2, 0) is 151 Å². The Labute approximate surface area is 491 Å². The SMILES string of the molecule is CO[C@@H]1OC(COS(=O)(=O)O)[C@@H](O[C@@H]2OC(C)[C@@H](O[C@H]3OC(COS(=O)(=O)O)[C@@H](O[C@@H]4OC(C)[C@@H](O[C@@H]5OC(COS(=O)(=O)O)[C@@H](O)[C@H](O)C5NS(=O)(=O)O)[C@H](O)C4O)[C@H](OS(=O)(=O)O)C3NS(=O)(=O)O)[C@@H](O)C2OS(=O)(=O)O)[C@H](O)C1NS(=O)(=O)O. The van der Waals surface area contributed by atoms with E-state index in [1.54, 1.807) is 0 Å². The Bertz CT molecular complexity index is 3270. The highest BCUT2D eigenvalue weighted by molar-refractivity contribution is 7.84. The minimum absolute atomic E-state index is 0.813. The molecule has 514 valence electrons. The number of nitrogens with one attached hydrogen (secondary N) is 3. The zero-order valence-electron chi connectivity index (χ0n) is 43.2. The van der Waals surface area contributed by atoms with Crippen molar-refractivity contribution < 1.29 is 203 Å². The Balaban J connectivity index is 1.53. The maximum Gasteiger partial charge on any atom is 0.397 e. The summed E-state index contributed by atoms with van der Waals surface area (Å²) in [7, 11) is -44.5. The summed E-state index contributed by atoms with van der Waals surface area (Å²) in [4.78, 5) is 0. The quantitative estimate of drug-likeness (QED) is 0.0324. The van der Waals surface area contributed by atoms with Crippen LogP contribution in [0, 0.1) is 0 Å². The summed E-state index contributed by atoms with van der Waals surface area (Å²) in [6, 6.07) is -7.46. The molecule has 5 fully saturated rings. The normalized spacial score (nSPS) is 40.0. The Morgan fingerprint density at radius 3 is 1.14 bits per heavy atom. The minimum Gasteiger partial charge on any atom is -0.388 e. The molecule has 0 aromatic carbocycles. The lowest BCUT2D eigenvalue weighted by atomic mass is 9.94. The van der Waals surface area contributed by atoms with E-state index in [0.717, 1.165) is 21.0 Å². The molecule has 10 unspecified atom stereocenters. The number of rotatable bonds is 28. The van der Waals surface area contributed by atoms with E-state index in [4.69, 9.17) is 51.9 Å². The zero-order valence-corrected chi connectivity index (χ0v) is 49.8. The van der Waals surface area contributed by atoms with Gasteiger partial charge in [0.2, 0.25) is 0 Å². The van der Waals surface area contributed by atoms with Gasteiger partial charge in [-0.2, -0.15) is 81.5 Å². The van der Waals surface area contributed by atoms with E-state index in [-0.39, 0.29) is 0 Å². The molecule has 5 rings (SSSR count). The second-order valence-corrected chi connectivity index (χ2v) is 27.5. The largest absolute Gasteiger partial charge is 0.397 e. The van der Waals surface area contributed by atoms with Gasteiger partial charge in [-0.25, -0.2) is 20.9 Å². The fourth-order valence-electron chi connectivity index (χ4n) is 8.99. The van der Waals surface area contributed by atoms with Crippen LogP contribution >= 0.6 is 0 Å². The van der Waals surface area contributed by atoms with Crippen molar-refractivity contribution in [2.45, 2.75) is 167 Å². The van der Waals surface area contributed by atoms with Crippen molar-refractivity contribution >= 4 is 82.9 Å². The molecular formula is C31H57N3O45S8. The van der Waals surface area contributed by atoms with Gasteiger partial charge in [-0.15, -0.1) is 0 Å². The molecule has 17 N–H and O–H groups in total. The van der Waals surface area contributed by atoms with E-state index in [1.165, 1.54) is 14.2 Å². The van der Waals surface area contributed by atoms with Crippen LogP contribution in [0.25, 0.3) is 0 Å². The predicted molar refractivity (Wildman–Crippen MR) is 258 cm³/mol. The molecule has 0 bridgehead atoms. The molecule has 56 heteroatoms. The molecule has 5 aliphatic rings. The molecule has 87 heavy (non-hydrogen) atoms. The van der Waals surface area contributed by atoms with E-state index in [2.05, 4.69) is 20.9 Å².